The van der Waals surface area contributed by atoms with Gasteiger partial charge in [-0.2, -0.15) is 0 Å². The molecule has 2 aromatic rings. The topological polar surface area (TPSA) is 57.2 Å². The second-order valence-electron chi connectivity index (χ2n) is 4.15. The standard InChI is InChI=1S/C15H14O3S/c16-15(13-4-2-1-3-5-13)14-8-6-12(7-9-14)10-11-19(17)18/h1-9H,10-11H2,(H,17,18)/p-1. The summed E-state index contributed by atoms with van der Waals surface area (Å²) in [6, 6.07) is 16.1. The Kier molecular flexibility index (Phi) is 4.60. The van der Waals surface area contributed by atoms with Crippen molar-refractivity contribution in [1.29, 1.82) is 0 Å². The molecule has 19 heavy (non-hydrogen) atoms. The largest absolute Gasteiger partial charge is 0.772 e. The maximum atomic E-state index is 12.1. The fourth-order valence-corrected chi connectivity index (χ4v) is 2.18. The minimum atomic E-state index is -2.03. The van der Waals surface area contributed by atoms with Gasteiger partial charge in [-0.3, -0.25) is 9.00 Å². The molecule has 1 unspecified atom stereocenters. The zero-order valence-corrected chi connectivity index (χ0v) is 11.1. The lowest BCUT2D eigenvalue weighted by Gasteiger charge is -2.06. The van der Waals surface area contributed by atoms with Crippen LogP contribution in [0.15, 0.2) is 54.6 Å². The Labute approximate surface area is 114 Å². The van der Waals surface area contributed by atoms with Crippen LogP contribution in [0.25, 0.3) is 0 Å². The van der Waals surface area contributed by atoms with E-state index in [4.69, 9.17) is 0 Å². The monoisotopic (exact) mass is 273 g/mol. The second kappa shape index (κ2) is 6.41. The molecular weight excluding hydrogens is 260 g/mol. The zero-order chi connectivity index (χ0) is 13.7. The third-order valence-electron chi connectivity index (χ3n) is 2.81. The van der Waals surface area contributed by atoms with Crippen LogP contribution in [-0.4, -0.2) is 20.3 Å². The highest BCUT2D eigenvalue weighted by atomic mass is 32.2. The predicted molar refractivity (Wildman–Crippen MR) is 73.8 cm³/mol. The molecule has 0 aliphatic carbocycles. The van der Waals surface area contributed by atoms with Crippen molar-refractivity contribution < 1.29 is 13.6 Å². The van der Waals surface area contributed by atoms with E-state index in [0.29, 0.717) is 17.5 Å². The molecule has 0 N–H and O–H groups in total. The van der Waals surface area contributed by atoms with Gasteiger partial charge in [0.1, 0.15) is 0 Å². The average molecular weight is 273 g/mol. The van der Waals surface area contributed by atoms with Crippen molar-refractivity contribution in [3.8, 4) is 0 Å². The average Bonchev–Trinajstić information content (AvgIpc) is 2.46. The molecule has 0 aliphatic heterocycles. The lowest BCUT2D eigenvalue weighted by atomic mass is 10.0. The number of hydrogen-bond acceptors (Lipinski definition) is 3. The van der Waals surface area contributed by atoms with Crippen molar-refractivity contribution in [1.82, 2.24) is 0 Å². The number of rotatable bonds is 5. The van der Waals surface area contributed by atoms with Crippen LogP contribution >= 0.6 is 0 Å². The summed E-state index contributed by atoms with van der Waals surface area (Å²) in [7, 11) is 0. The number of carbonyl (C=O) groups is 1. The second-order valence-corrected chi connectivity index (χ2v) is 5.17. The zero-order valence-electron chi connectivity index (χ0n) is 10.2. The number of benzene rings is 2. The van der Waals surface area contributed by atoms with Gasteiger partial charge in [-0.25, -0.2) is 0 Å². The molecular formula is C15H13O3S-. The number of hydrogen-bond donors (Lipinski definition) is 0. The highest BCUT2D eigenvalue weighted by Gasteiger charge is 2.07. The first-order chi connectivity index (χ1) is 9.16. The summed E-state index contributed by atoms with van der Waals surface area (Å²) in [5, 5.41) is 0. The smallest absolute Gasteiger partial charge is 0.193 e. The minimum absolute atomic E-state index is 0.0282. The van der Waals surface area contributed by atoms with E-state index < -0.39 is 11.1 Å². The Balaban J connectivity index is 2.10. The highest BCUT2D eigenvalue weighted by molar-refractivity contribution is 7.79. The Hall–Kier alpha value is -1.78. The van der Waals surface area contributed by atoms with Crippen LogP contribution in [0.2, 0.25) is 0 Å². The summed E-state index contributed by atoms with van der Waals surface area (Å²) in [4.78, 5) is 12.1. The van der Waals surface area contributed by atoms with Gasteiger partial charge in [-0.05, 0) is 12.0 Å². The van der Waals surface area contributed by atoms with E-state index in [0.717, 1.165) is 5.56 Å². The molecule has 0 fully saturated rings. The van der Waals surface area contributed by atoms with Crippen molar-refractivity contribution >= 4 is 16.9 Å². The maximum Gasteiger partial charge on any atom is 0.193 e. The van der Waals surface area contributed by atoms with E-state index in [1.165, 1.54) is 0 Å². The molecule has 1 atom stereocenters. The molecule has 0 bridgehead atoms. The number of aryl methyl sites for hydroxylation is 1. The Morgan fingerprint density at radius 1 is 0.947 bits per heavy atom. The van der Waals surface area contributed by atoms with Crippen molar-refractivity contribution in [2.45, 2.75) is 6.42 Å². The van der Waals surface area contributed by atoms with Crippen LogP contribution in [-0.2, 0) is 17.5 Å². The summed E-state index contributed by atoms with van der Waals surface area (Å²) >= 11 is -2.03. The third-order valence-corrected chi connectivity index (χ3v) is 3.35. The molecule has 0 amide bonds. The fraction of sp³-hybridized carbons (Fsp3) is 0.133. The van der Waals surface area contributed by atoms with Gasteiger partial charge in [0.15, 0.2) is 5.78 Å². The first kappa shape index (κ1) is 13.6. The van der Waals surface area contributed by atoms with E-state index in [-0.39, 0.29) is 11.5 Å². The normalized spacial score (nSPS) is 12.1. The number of ketones is 1. The van der Waals surface area contributed by atoms with Crippen LogP contribution < -0.4 is 0 Å². The first-order valence-corrected chi connectivity index (χ1v) is 7.16. The molecule has 3 nitrogen and oxygen atoms in total. The van der Waals surface area contributed by atoms with E-state index in [1.54, 1.807) is 36.4 Å². The summed E-state index contributed by atoms with van der Waals surface area (Å²) in [6.07, 6.45) is 0.468. The van der Waals surface area contributed by atoms with Crippen LogP contribution in [0, 0.1) is 0 Å². The fourth-order valence-electron chi connectivity index (χ4n) is 1.78. The minimum Gasteiger partial charge on any atom is -0.772 e. The Morgan fingerprint density at radius 2 is 1.53 bits per heavy atom. The van der Waals surface area contributed by atoms with Crippen molar-refractivity contribution in [3.63, 3.8) is 0 Å². The molecule has 2 aromatic carbocycles. The van der Waals surface area contributed by atoms with Gasteiger partial charge in [0.25, 0.3) is 0 Å². The molecule has 0 aliphatic rings. The molecule has 0 heterocycles. The van der Waals surface area contributed by atoms with Gasteiger partial charge in [-0.1, -0.05) is 65.7 Å². The van der Waals surface area contributed by atoms with Crippen molar-refractivity contribution in [3.05, 3.63) is 71.3 Å². The van der Waals surface area contributed by atoms with E-state index in [9.17, 15) is 13.6 Å². The predicted octanol–water partition coefficient (Wildman–Crippen LogP) is 2.34. The van der Waals surface area contributed by atoms with Gasteiger partial charge in [0, 0.05) is 16.9 Å². The molecule has 0 saturated carbocycles. The molecule has 0 radical (unpaired) electrons. The SMILES string of the molecule is O=C(c1ccccc1)c1ccc(CCS(=O)[O-])cc1. The lowest BCUT2D eigenvalue weighted by Crippen LogP contribution is -2.02. The Morgan fingerprint density at radius 3 is 2.11 bits per heavy atom. The summed E-state index contributed by atoms with van der Waals surface area (Å²) in [5.74, 6) is 0.0750. The summed E-state index contributed by atoms with van der Waals surface area (Å²) < 4.78 is 21.0. The van der Waals surface area contributed by atoms with Crippen LogP contribution in [0.1, 0.15) is 21.5 Å². The highest BCUT2D eigenvalue weighted by Crippen LogP contribution is 2.11. The number of carbonyl (C=O) groups excluding carboxylic acids is 1. The van der Waals surface area contributed by atoms with Crippen molar-refractivity contribution in [2.75, 3.05) is 5.75 Å². The molecule has 0 aromatic heterocycles. The van der Waals surface area contributed by atoms with Crippen LogP contribution in [0.3, 0.4) is 0 Å². The van der Waals surface area contributed by atoms with Crippen LogP contribution in [0.4, 0.5) is 0 Å². The lowest BCUT2D eigenvalue weighted by molar-refractivity contribution is 0.103. The van der Waals surface area contributed by atoms with Gasteiger partial charge in [-0.15, -0.1) is 0 Å². The molecule has 98 valence electrons. The molecule has 0 saturated heterocycles. The van der Waals surface area contributed by atoms with E-state index in [1.807, 2.05) is 18.2 Å². The molecule has 0 spiro atoms. The summed E-state index contributed by atoms with van der Waals surface area (Å²) in [5.41, 5.74) is 2.17. The van der Waals surface area contributed by atoms with Gasteiger partial charge in [0.05, 0.1) is 0 Å². The quantitative estimate of drug-likeness (QED) is 0.620. The molecule has 2 rings (SSSR count). The maximum absolute atomic E-state index is 12.1. The van der Waals surface area contributed by atoms with Crippen LogP contribution in [0.5, 0.6) is 0 Å². The summed E-state index contributed by atoms with van der Waals surface area (Å²) in [6.45, 7) is 0. The van der Waals surface area contributed by atoms with Gasteiger partial charge in [0.2, 0.25) is 0 Å². The first-order valence-electron chi connectivity index (χ1n) is 5.91. The van der Waals surface area contributed by atoms with Crippen molar-refractivity contribution in [2.24, 2.45) is 0 Å². The van der Waals surface area contributed by atoms with E-state index >= 15 is 0 Å². The van der Waals surface area contributed by atoms with E-state index in [2.05, 4.69) is 0 Å². The van der Waals surface area contributed by atoms with Gasteiger partial charge >= 0.3 is 0 Å². The Bertz CT molecular complexity index is 576. The molecule has 4 heteroatoms. The third kappa shape index (κ3) is 3.84. The van der Waals surface area contributed by atoms with Gasteiger partial charge < -0.3 is 4.55 Å².